The molecule has 2 aromatic rings. The Balaban J connectivity index is 1.77. The van der Waals surface area contributed by atoms with Gasteiger partial charge in [0.1, 0.15) is 6.04 Å². The number of aliphatic imine (C=N–C) groups is 1. The number of para-hydroxylation sites is 1. The van der Waals surface area contributed by atoms with Gasteiger partial charge in [0.05, 0.1) is 6.21 Å². The average molecular weight is 254 g/mol. The predicted octanol–water partition coefficient (Wildman–Crippen LogP) is 1.34. The minimum absolute atomic E-state index is 0.231. The molecule has 0 amide bonds. The summed E-state index contributed by atoms with van der Waals surface area (Å²) in [5.74, 6) is 0.578. The van der Waals surface area contributed by atoms with Crippen molar-refractivity contribution in [1.29, 1.82) is 0 Å². The van der Waals surface area contributed by atoms with Crippen LogP contribution in [-0.4, -0.2) is 29.5 Å². The van der Waals surface area contributed by atoms with Crippen LogP contribution in [0.2, 0.25) is 0 Å². The topological polar surface area (TPSA) is 42.1 Å². The SMILES string of the molecule is CC(C)[C@H]1C=N[C@@H](Cc2c[nH]c3ccccc23)C=[NH+]1. The second kappa shape index (κ2) is 5.00. The molecular formula is C16H20N3+. The lowest BCUT2D eigenvalue weighted by atomic mass is 10.0. The summed E-state index contributed by atoms with van der Waals surface area (Å²) in [5.41, 5.74) is 2.53. The molecule has 1 aromatic heterocycles. The summed E-state index contributed by atoms with van der Waals surface area (Å²) in [6.45, 7) is 4.41. The first-order valence-corrected chi connectivity index (χ1v) is 6.91. The van der Waals surface area contributed by atoms with Gasteiger partial charge in [-0.05, 0) is 11.6 Å². The van der Waals surface area contributed by atoms with Crippen LogP contribution in [0.5, 0.6) is 0 Å². The minimum Gasteiger partial charge on any atom is -0.361 e. The first-order valence-electron chi connectivity index (χ1n) is 6.91. The van der Waals surface area contributed by atoms with Crippen molar-refractivity contribution in [3.05, 3.63) is 36.0 Å². The molecule has 0 saturated heterocycles. The van der Waals surface area contributed by atoms with Crippen LogP contribution in [0.15, 0.2) is 35.5 Å². The first kappa shape index (κ1) is 12.2. The number of fused-ring (bicyclic) bond motifs is 1. The number of hydrogen-bond donors (Lipinski definition) is 2. The monoisotopic (exact) mass is 254 g/mol. The third-order valence-corrected chi connectivity index (χ3v) is 3.74. The number of aromatic amines is 1. The van der Waals surface area contributed by atoms with Gasteiger partial charge in [0.15, 0.2) is 12.3 Å². The lowest BCUT2D eigenvalue weighted by Gasteiger charge is -2.13. The van der Waals surface area contributed by atoms with Gasteiger partial charge >= 0.3 is 0 Å². The highest BCUT2D eigenvalue weighted by atomic mass is 14.9. The molecule has 0 unspecified atom stereocenters. The van der Waals surface area contributed by atoms with Crippen LogP contribution in [-0.2, 0) is 6.42 Å². The molecule has 1 aromatic carbocycles. The van der Waals surface area contributed by atoms with Crippen LogP contribution >= 0.6 is 0 Å². The largest absolute Gasteiger partial charge is 0.361 e. The summed E-state index contributed by atoms with van der Waals surface area (Å²) >= 11 is 0. The lowest BCUT2D eigenvalue weighted by molar-refractivity contribution is -0.487. The van der Waals surface area contributed by atoms with Crippen molar-refractivity contribution < 1.29 is 4.99 Å². The van der Waals surface area contributed by atoms with Crippen LogP contribution < -0.4 is 4.99 Å². The van der Waals surface area contributed by atoms with Gasteiger partial charge in [-0.15, -0.1) is 0 Å². The van der Waals surface area contributed by atoms with E-state index < -0.39 is 0 Å². The van der Waals surface area contributed by atoms with Gasteiger partial charge in [0.2, 0.25) is 0 Å². The van der Waals surface area contributed by atoms with Crippen molar-refractivity contribution in [3.8, 4) is 0 Å². The molecular weight excluding hydrogens is 234 g/mol. The van der Waals surface area contributed by atoms with E-state index in [-0.39, 0.29) is 6.04 Å². The standard InChI is InChI=1S/C16H19N3/c1-11(2)16-10-17-13(9-19-16)7-12-8-18-15-6-4-3-5-14(12)15/h3-6,8-11,13,16,18H,7H2,1-2H3/p+1/t13-,16+/m0/s1. The van der Waals surface area contributed by atoms with Gasteiger partial charge in [-0.25, -0.2) is 4.99 Å². The Morgan fingerprint density at radius 2 is 2.16 bits per heavy atom. The molecule has 0 radical (unpaired) electrons. The van der Waals surface area contributed by atoms with Gasteiger partial charge in [0, 0.05) is 29.4 Å². The van der Waals surface area contributed by atoms with Crippen LogP contribution in [0.3, 0.4) is 0 Å². The van der Waals surface area contributed by atoms with Crippen molar-refractivity contribution in [2.75, 3.05) is 0 Å². The molecule has 0 saturated carbocycles. The van der Waals surface area contributed by atoms with Crippen LogP contribution in [0.1, 0.15) is 19.4 Å². The zero-order valence-electron chi connectivity index (χ0n) is 11.4. The third-order valence-electron chi connectivity index (χ3n) is 3.74. The third kappa shape index (κ3) is 2.46. The van der Waals surface area contributed by atoms with Crippen LogP contribution in [0.4, 0.5) is 0 Å². The maximum absolute atomic E-state index is 4.66. The lowest BCUT2D eigenvalue weighted by Crippen LogP contribution is -2.81. The summed E-state index contributed by atoms with van der Waals surface area (Å²) in [5, 5.41) is 1.30. The number of nitrogens with one attached hydrogen (secondary N) is 2. The molecule has 98 valence electrons. The zero-order chi connectivity index (χ0) is 13.2. The van der Waals surface area contributed by atoms with Gasteiger partial charge in [-0.1, -0.05) is 32.0 Å². The molecule has 1 aliphatic heterocycles. The Kier molecular flexibility index (Phi) is 3.20. The van der Waals surface area contributed by atoms with Gasteiger partial charge < -0.3 is 4.98 Å². The summed E-state index contributed by atoms with van der Waals surface area (Å²) in [6.07, 6.45) is 7.23. The van der Waals surface area contributed by atoms with Gasteiger partial charge in [-0.3, -0.25) is 4.99 Å². The molecule has 2 N–H and O–H groups in total. The fraction of sp³-hybridized carbons (Fsp3) is 0.375. The van der Waals surface area contributed by atoms with Gasteiger partial charge in [-0.2, -0.15) is 0 Å². The van der Waals surface area contributed by atoms with E-state index in [4.69, 9.17) is 0 Å². The molecule has 3 heteroatoms. The number of nitrogens with zero attached hydrogens (tertiary/aromatic N) is 1. The van der Waals surface area contributed by atoms with E-state index in [1.807, 2.05) is 0 Å². The molecule has 0 bridgehead atoms. The number of aromatic nitrogens is 1. The summed E-state index contributed by atoms with van der Waals surface area (Å²) < 4.78 is 0. The maximum Gasteiger partial charge on any atom is 0.187 e. The Morgan fingerprint density at radius 3 is 2.89 bits per heavy atom. The number of H-pyrrole nitrogens is 1. The second-order valence-electron chi connectivity index (χ2n) is 5.53. The Hall–Kier alpha value is -1.90. The van der Waals surface area contributed by atoms with E-state index in [1.54, 1.807) is 0 Å². The molecule has 19 heavy (non-hydrogen) atoms. The Bertz CT molecular complexity index is 608. The Labute approximate surface area is 113 Å². The van der Waals surface area contributed by atoms with E-state index >= 15 is 0 Å². The number of rotatable bonds is 3. The van der Waals surface area contributed by atoms with E-state index in [0.717, 1.165) is 6.42 Å². The predicted molar refractivity (Wildman–Crippen MR) is 79.9 cm³/mol. The normalized spacial score (nSPS) is 22.5. The van der Waals surface area contributed by atoms with Crippen molar-refractivity contribution in [2.45, 2.75) is 32.4 Å². The molecule has 2 heterocycles. The fourth-order valence-electron chi connectivity index (χ4n) is 2.51. The van der Waals surface area contributed by atoms with E-state index in [0.29, 0.717) is 12.0 Å². The number of benzene rings is 1. The average Bonchev–Trinajstić information content (AvgIpc) is 2.83. The summed E-state index contributed by atoms with van der Waals surface area (Å²) in [6, 6.07) is 9.02. The molecule has 0 aliphatic carbocycles. The van der Waals surface area contributed by atoms with Gasteiger partial charge in [0.25, 0.3) is 0 Å². The fourth-order valence-corrected chi connectivity index (χ4v) is 2.51. The Morgan fingerprint density at radius 1 is 1.32 bits per heavy atom. The molecule has 0 spiro atoms. The summed E-state index contributed by atoms with van der Waals surface area (Å²) in [4.78, 5) is 11.4. The van der Waals surface area contributed by atoms with Crippen molar-refractivity contribution in [2.24, 2.45) is 10.9 Å². The van der Waals surface area contributed by atoms with E-state index in [9.17, 15) is 0 Å². The van der Waals surface area contributed by atoms with Crippen molar-refractivity contribution in [3.63, 3.8) is 0 Å². The molecule has 2 atom stereocenters. The molecule has 3 nitrogen and oxygen atoms in total. The highest BCUT2D eigenvalue weighted by Crippen LogP contribution is 2.19. The quantitative estimate of drug-likeness (QED) is 0.830. The van der Waals surface area contributed by atoms with E-state index in [2.05, 4.69) is 71.7 Å². The molecule has 0 fully saturated rings. The smallest absolute Gasteiger partial charge is 0.187 e. The molecule has 1 aliphatic rings. The highest BCUT2D eigenvalue weighted by Gasteiger charge is 2.21. The maximum atomic E-state index is 4.66. The van der Waals surface area contributed by atoms with Crippen LogP contribution in [0, 0.1) is 5.92 Å². The van der Waals surface area contributed by atoms with Crippen molar-refractivity contribution >= 4 is 23.3 Å². The minimum atomic E-state index is 0.231. The number of hydrogen-bond acceptors (Lipinski definition) is 1. The first-order chi connectivity index (χ1) is 9.24. The van der Waals surface area contributed by atoms with E-state index in [1.165, 1.54) is 16.5 Å². The van der Waals surface area contributed by atoms with Crippen molar-refractivity contribution in [1.82, 2.24) is 4.98 Å². The summed E-state index contributed by atoms with van der Waals surface area (Å²) in [7, 11) is 0. The zero-order valence-corrected chi connectivity index (χ0v) is 11.4. The second-order valence-corrected chi connectivity index (χ2v) is 5.53. The van der Waals surface area contributed by atoms with Crippen LogP contribution in [0.25, 0.3) is 10.9 Å². The molecule has 3 rings (SSSR count). The highest BCUT2D eigenvalue weighted by molar-refractivity contribution is 5.83.